The van der Waals surface area contributed by atoms with E-state index < -0.39 is 0 Å². The summed E-state index contributed by atoms with van der Waals surface area (Å²) in [6, 6.07) is 106. The van der Waals surface area contributed by atoms with Gasteiger partial charge >= 0.3 is 0 Å². The largest absolute Gasteiger partial charge is 0.456 e. The lowest BCUT2D eigenvalue weighted by Crippen LogP contribution is -2.10. The number of rotatable bonds is 8. The number of anilines is 6. The maximum atomic E-state index is 6.44. The van der Waals surface area contributed by atoms with Crippen molar-refractivity contribution in [3.63, 3.8) is 0 Å². The Hall–Kier alpha value is -10.7. The first-order valence-corrected chi connectivity index (χ1v) is 28.7. The van der Waals surface area contributed by atoms with Crippen LogP contribution in [0.4, 0.5) is 34.1 Å². The molecule has 0 spiro atoms. The van der Waals surface area contributed by atoms with E-state index >= 15 is 0 Å². The normalized spacial score (nSPS) is 11.9. The second kappa shape index (κ2) is 18.5. The molecule has 12 aromatic carbocycles. The molecule has 17 rings (SSSR count). The van der Waals surface area contributed by atoms with Crippen molar-refractivity contribution in [3.8, 4) is 56.1 Å². The van der Waals surface area contributed by atoms with Gasteiger partial charge in [-0.15, -0.1) is 11.3 Å². The molecule has 0 N–H and O–H groups in total. The Morgan fingerprint density at radius 1 is 0.268 bits per heavy atom. The minimum atomic E-state index is 0.861. The number of thiophene rings is 1. The summed E-state index contributed by atoms with van der Waals surface area (Å²) >= 11 is 1.85. The number of hydrogen-bond acceptors (Lipinski definition) is 4. The van der Waals surface area contributed by atoms with Gasteiger partial charge in [0, 0.05) is 116 Å². The Bertz CT molecular complexity index is 4840. The van der Waals surface area contributed by atoms with Gasteiger partial charge in [0.1, 0.15) is 11.2 Å². The van der Waals surface area contributed by atoms with Gasteiger partial charge in [-0.1, -0.05) is 164 Å². The van der Waals surface area contributed by atoms with E-state index in [1.807, 2.05) is 23.5 Å². The zero-order valence-electron chi connectivity index (χ0n) is 44.3. The second-order valence-corrected chi connectivity index (χ2v) is 22.3. The van der Waals surface area contributed by atoms with Crippen molar-refractivity contribution in [1.29, 1.82) is 0 Å². The van der Waals surface area contributed by atoms with Crippen LogP contribution in [-0.2, 0) is 0 Å². The van der Waals surface area contributed by atoms with Crippen molar-refractivity contribution in [1.82, 2.24) is 9.13 Å². The van der Waals surface area contributed by atoms with Crippen molar-refractivity contribution in [2.75, 3.05) is 9.80 Å². The van der Waals surface area contributed by atoms with Crippen LogP contribution in [-0.4, -0.2) is 9.13 Å². The Kier molecular flexibility index (Phi) is 10.4. The van der Waals surface area contributed by atoms with Crippen molar-refractivity contribution in [2.24, 2.45) is 0 Å². The zero-order valence-corrected chi connectivity index (χ0v) is 45.1. The van der Waals surface area contributed by atoms with Crippen LogP contribution in [0, 0.1) is 0 Å². The van der Waals surface area contributed by atoms with Crippen LogP contribution in [0.15, 0.2) is 296 Å². The van der Waals surface area contributed by atoms with Gasteiger partial charge in [0.2, 0.25) is 0 Å². The highest BCUT2D eigenvalue weighted by molar-refractivity contribution is 7.25. The fourth-order valence-electron chi connectivity index (χ4n) is 13.1. The Balaban J connectivity index is 0.833. The molecular formula is C76H48N4OS. The summed E-state index contributed by atoms with van der Waals surface area (Å²) in [5, 5.41) is 7.21. The zero-order chi connectivity index (χ0) is 53.8. The molecule has 0 unspecified atom stereocenters. The monoisotopic (exact) mass is 1060 g/mol. The molecule has 0 radical (unpaired) electrons. The number of furan rings is 1. The smallest absolute Gasteiger partial charge is 0.137 e. The highest BCUT2D eigenvalue weighted by Crippen LogP contribution is 2.55. The van der Waals surface area contributed by atoms with Gasteiger partial charge in [0.25, 0.3) is 0 Å². The van der Waals surface area contributed by atoms with Gasteiger partial charge < -0.3 is 23.4 Å². The summed E-state index contributed by atoms with van der Waals surface area (Å²) < 4.78 is 14.0. The van der Waals surface area contributed by atoms with Crippen LogP contribution < -0.4 is 9.80 Å². The molecule has 0 bridgehead atoms. The predicted molar refractivity (Wildman–Crippen MR) is 345 cm³/mol. The van der Waals surface area contributed by atoms with Crippen molar-refractivity contribution in [2.45, 2.75) is 0 Å². The fourth-order valence-corrected chi connectivity index (χ4v) is 14.3. The number of para-hydroxylation sites is 5. The Morgan fingerprint density at radius 3 is 1.22 bits per heavy atom. The van der Waals surface area contributed by atoms with Crippen LogP contribution in [0.1, 0.15) is 0 Å². The third-order valence-electron chi connectivity index (χ3n) is 16.7. The fraction of sp³-hybridized carbons (Fsp3) is 0. The number of nitrogens with zero attached hydrogens (tertiary/aromatic N) is 4. The van der Waals surface area contributed by atoms with Crippen LogP contribution in [0.3, 0.4) is 0 Å². The average Bonchev–Trinajstić information content (AvgIpc) is 4.05. The summed E-state index contributed by atoms with van der Waals surface area (Å²) in [5.41, 5.74) is 22.1. The van der Waals surface area contributed by atoms with Gasteiger partial charge in [-0.2, -0.15) is 0 Å². The van der Waals surface area contributed by atoms with Gasteiger partial charge in [0.15, 0.2) is 0 Å². The first kappa shape index (κ1) is 46.3. The lowest BCUT2D eigenvalue weighted by atomic mass is 9.84. The molecule has 0 saturated heterocycles. The summed E-state index contributed by atoms with van der Waals surface area (Å²) in [6.07, 6.45) is 0. The molecule has 384 valence electrons. The number of aromatic nitrogens is 2. The molecule has 5 nitrogen and oxygen atoms in total. The SMILES string of the molecule is c1ccc(N(c2ccc(-n3c4c(c5ccccc53)-c3ccccc3-c3c(c5ccccc5n3-c3ccc(N(c5ccccc5)c5ccc6c(c5)sc5ccccc56)cc3)-c3ccccc3-4)cc2)c2ccc3c(c2)oc2ccccc23)cc1. The topological polar surface area (TPSA) is 29.5 Å². The van der Waals surface area contributed by atoms with Crippen LogP contribution in [0.25, 0.3) is 120 Å². The van der Waals surface area contributed by atoms with Crippen LogP contribution in [0.2, 0.25) is 0 Å². The van der Waals surface area contributed by atoms with Crippen molar-refractivity contribution in [3.05, 3.63) is 291 Å². The summed E-state index contributed by atoms with van der Waals surface area (Å²) in [6.45, 7) is 0. The van der Waals surface area contributed by atoms with Crippen molar-refractivity contribution < 1.29 is 4.42 Å². The van der Waals surface area contributed by atoms with E-state index in [2.05, 4.69) is 298 Å². The van der Waals surface area contributed by atoms with Crippen LogP contribution in [0.5, 0.6) is 0 Å². The summed E-state index contributed by atoms with van der Waals surface area (Å²) in [5.74, 6) is 0. The molecule has 4 aromatic heterocycles. The van der Waals surface area contributed by atoms with E-state index in [1.54, 1.807) is 0 Å². The van der Waals surface area contributed by atoms with E-state index in [0.717, 1.165) is 84.2 Å². The molecule has 16 aromatic rings. The van der Waals surface area contributed by atoms with Gasteiger partial charge in [-0.05, 0) is 132 Å². The third kappa shape index (κ3) is 7.12. The molecule has 0 saturated carbocycles. The van der Waals surface area contributed by atoms with E-state index in [-0.39, 0.29) is 0 Å². The molecule has 0 aliphatic heterocycles. The number of hydrogen-bond donors (Lipinski definition) is 0. The number of fused-ring (bicyclic) bond motifs is 18. The van der Waals surface area contributed by atoms with E-state index in [4.69, 9.17) is 4.42 Å². The maximum Gasteiger partial charge on any atom is 0.137 e. The van der Waals surface area contributed by atoms with E-state index in [1.165, 1.54) is 70.0 Å². The highest BCUT2D eigenvalue weighted by Gasteiger charge is 2.32. The first-order chi connectivity index (χ1) is 40.7. The molecule has 0 amide bonds. The van der Waals surface area contributed by atoms with Gasteiger partial charge in [-0.3, -0.25) is 0 Å². The van der Waals surface area contributed by atoms with Crippen molar-refractivity contribution >= 4 is 109 Å². The quantitative estimate of drug-likeness (QED) is 0.152. The molecule has 0 atom stereocenters. The highest BCUT2D eigenvalue weighted by atomic mass is 32.1. The minimum Gasteiger partial charge on any atom is -0.456 e. The Labute approximate surface area is 477 Å². The Morgan fingerprint density at radius 2 is 0.659 bits per heavy atom. The van der Waals surface area contributed by atoms with Gasteiger partial charge in [0.05, 0.1) is 22.4 Å². The van der Waals surface area contributed by atoms with E-state index in [9.17, 15) is 0 Å². The summed E-state index contributed by atoms with van der Waals surface area (Å²) in [4.78, 5) is 4.70. The maximum absolute atomic E-state index is 6.44. The molecule has 82 heavy (non-hydrogen) atoms. The molecule has 1 aliphatic rings. The standard InChI is InChI=1S/C76H48N4OS/c1-3-19-49(20-4-1)77(55-43-45-58-57-23-13-17-33-69(57)81-70(58)47-55)51-35-39-53(40-36-51)79-67-31-15-11-29-65(67)73-62-26-8-10-28-64(62)76-74(61-25-7-9-27-63(61)75(73)79)66-30-12-16-32-68(66)80(76)54-41-37-52(38-42-54)78(50-21-5-2-6-22-50)56-44-46-60-59-24-14-18-34-71(59)82-72(60)48-56/h1-48H. The predicted octanol–water partition coefficient (Wildman–Crippen LogP) is 21.8. The molecule has 1 aliphatic carbocycles. The third-order valence-corrected chi connectivity index (χ3v) is 17.8. The second-order valence-electron chi connectivity index (χ2n) is 21.2. The van der Waals surface area contributed by atoms with E-state index in [0.29, 0.717) is 0 Å². The summed E-state index contributed by atoms with van der Waals surface area (Å²) in [7, 11) is 0. The first-order valence-electron chi connectivity index (χ1n) is 27.9. The lowest BCUT2D eigenvalue weighted by molar-refractivity contribution is 0.669. The molecule has 0 fully saturated rings. The average molecular weight is 1070 g/mol. The minimum absolute atomic E-state index is 0.861. The molecule has 4 heterocycles. The molecular weight excluding hydrogens is 1020 g/mol. The molecule has 6 heteroatoms. The number of benzene rings is 12. The van der Waals surface area contributed by atoms with Crippen LogP contribution >= 0.6 is 11.3 Å². The lowest BCUT2D eigenvalue weighted by Gasteiger charge is -2.26. The van der Waals surface area contributed by atoms with Gasteiger partial charge in [-0.25, -0.2) is 0 Å².